The van der Waals surface area contributed by atoms with Gasteiger partial charge in [-0.05, 0) is 18.2 Å². The first-order valence-corrected chi connectivity index (χ1v) is 7.50. The predicted octanol–water partition coefficient (Wildman–Crippen LogP) is 4.30. The number of hydrogen-bond acceptors (Lipinski definition) is 4. The first-order chi connectivity index (χ1) is 9.97. The van der Waals surface area contributed by atoms with Gasteiger partial charge in [0.15, 0.2) is 10.9 Å². The highest BCUT2D eigenvalue weighted by atomic mass is 35.5. The number of ketones is 1. The van der Waals surface area contributed by atoms with Gasteiger partial charge in [0.05, 0.1) is 0 Å². The highest BCUT2D eigenvalue weighted by Crippen LogP contribution is 2.25. The number of benzene rings is 1. The number of thiazole rings is 1. The Morgan fingerprint density at radius 2 is 1.95 bits per heavy atom. The van der Waals surface area contributed by atoms with Crippen LogP contribution in [0.3, 0.4) is 0 Å². The van der Waals surface area contributed by atoms with Crippen LogP contribution in [0.15, 0.2) is 29.7 Å². The number of hydrogen-bond donors (Lipinski definition) is 1. The fourth-order valence-corrected chi connectivity index (χ4v) is 2.74. The van der Waals surface area contributed by atoms with Gasteiger partial charge < -0.3 is 0 Å². The van der Waals surface area contributed by atoms with Crippen molar-refractivity contribution in [1.82, 2.24) is 4.98 Å². The first kappa shape index (κ1) is 15.7. The molecule has 1 amide bonds. The Labute approximate surface area is 135 Å². The Kier molecular flexibility index (Phi) is 5.12. The summed E-state index contributed by atoms with van der Waals surface area (Å²) in [5.41, 5.74) is 0.896. The number of carbonyl (C=O) groups excluding carboxylic acids is 2. The van der Waals surface area contributed by atoms with Crippen LogP contribution in [0.1, 0.15) is 23.0 Å². The van der Waals surface area contributed by atoms with Gasteiger partial charge in [-0.1, -0.05) is 29.3 Å². The minimum Gasteiger partial charge on any atom is -0.298 e. The molecule has 0 unspecified atom stereocenters. The quantitative estimate of drug-likeness (QED) is 0.666. The van der Waals surface area contributed by atoms with Crippen molar-refractivity contribution >= 4 is 57.4 Å². The van der Waals surface area contributed by atoms with Crippen molar-refractivity contribution in [2.45, 2.75) is 6.92 Å². The lowest BCUT2D eigenvalue weighted by Crippen LogP contribution is -2.07. The zero-order valence-electron chi connectivity index (χ0n) is 10.9. The second kappa shape index (κ2) is 6.85. The number of carbonyl (C=O) groups is 2. The number of nitrogens with one attached hydrogen (secondary N) is 1. The first-order valence-electron chi connectivity index (χ1n) is 5.87. The molecule has 2 aromatic rings. The summed E-state index contributed by atoms with van der Waals surface area (Å²) < 4.78 is 0. The summed E-state index contributed by atoms with van der Waals surface area (Å²) in [6.07, 6.45) is 2.83. The number of halogens is 2. The maximum absolute atomic E-state index is 11.8. The van der Waals surface area contributed by atoms with Gasteiger partial charge in [-0.15, -0.1) is 11.3 Å². The molecule has 0 saturated carbocycles. The Morgan fingerprint density at radius 3 is 2.52 bits per heavy atom. The fourth-order valence-electron chi connectivity index (χ4n) is 1.47. The molecule has 1 aromatic heterocycles. The van der Waals surface area contributed by atoms with Crippen molar-refractivity contribution in [2.75, 3.05) is 5.32 Å². The van der Waals surface area contributed by atoms with Crippen LogP contribution in [0.4, 0.5) is 5.13 Å². The Morgan fingerprint density at radius 1 is 1.29 bits per heavy atom. The maximum atomic E-state index is 11.8. The molecule has 108 valence electrons. The summed E-state index contributed by atoms with van der Waals surface area (Å²) in [6, 6.07) is 5.09. The van der Waals surface area contributed by atoms with E-state index in [1.807, 2.05) is 0 Å². The van der Waals surface area contributed by atoms with Gasteiger partial charge in [0.1, 0.15) is 5.69 Å². The topological polar surface area (TPSA) is 59.1 Å². The van der Waals surface area contributed by atoms with Crippen molar-refractivity contribution in [1.29, 1.82) is 0 Å². The third-order valence-electron chi connectivity index (χ3n) is 2.50. The van der Waals surface area contributed by atoms with E-state index in [0.29, 0.717) is 26.4 Å². The van der Waals surface area contributed by atoms with Crippen LogP contribution in [-0.4, -0.2) is 16.7 Å². The molecule has 0 saturated heterocycles. The third kappa shape index (κ3) is 4.14. The van der Waals surface area contributed by atoms with Crippen LogP contribution in [0.2, 0.25) is 10.0 Å². The molecule has 0 aliphatic heterocycles. The van der Waals surface area contributed by atoms with Crippen molar-refractivity contribution < 1.29 is 9.59 Å². The summed E-state index contributed by atoms with van der Waals surface area (Å²) in [5, 5.41) is 5.44. The van der Waals surface area contributed by atoms with E-state index < -0.39 is 0 Å². The molecule has 0 fully saturated rings. The standard InChI is InChI=1S/C14H10Cl2N2O2S/c1-8(19)12-7-21-14(17-12)18-13(20)6-5-9-10(15)3-2-4-11(9)16/h2-7H,1H3,(H,17,18,20)/b6-5+. The van der Waals surface area contributed by atoms with Crippen LogP contribution in [0, 0.1) is 0 Å². The molecule has 4 nitrogen and oxygen atoms in total. The van der Waals surface area contributed by atoms with E-state index in [2.05, 4.69) is 10.3 Å². The number of anilines is 1. The van der Waals surface area contributed by atoms with Gasteiger partial charge in [0.25, 0.3) is 0 Å². The molecule has 0 aliphatic carbocycles. The van der Waals surface area contributed by atoms with E-state index >= 15 is 0 Å². The molecule has 0 spiro atoms. The van der Waals surface area contributed by atoms with E-state index in [0.717, 1.165) is 0 Å². The lowest BCUT2D eigenvalue weighted by atomic mass is 10.2. The minimum absolute atomic E-state index is 0.148. The monoisotopic (exact) mass is 340 g/mol. The van der Waals surface area contributed by atoms with Crippen LogP contribution in [0.25, 0.3) is 6.08 Å². The van der Waals surface area contributed by atoms with Crippen molar-refractivity contribution in [3.05, 3.63) is 51.0 Å². The molecule has 0 aliphatic rings. The summed E-state index contributed by atoms with van der Waals surface area (Å²) in [4.78, 5) is 26.9. The number of rotatable bonds is 4. The van der Waals surface area contributed by atoms with Gasteiger partial charge in [0, 0.05) is 34.0 Å². The molecule has 7 heteroatoms. The fraction of sp³-hybridized carbons (Fsp3) is 0.0714. The molecule has 1 heterocycles. The van der Waals surface area contributed by atoms with Gasteiger partial charge in [0.2, 0.25) is 5.91 Å². The molecule has 0 atom stereocenters. The smallest absolute Gasteiger partial charge is 0.250 e. The van der Waals surface area contributed by atoms with Crippen LogP contribution >= 0.6 is 34.5 Å². The third-order valence-corrected chi connectivity index (χ3v) is 3.91. The second-order valence-electron chi connectivity index (χ2n) is 4.05. The lowest BCUT2D eigenvalue weighted by molar-refractivity contribution is -0.111. The van der Waals surface area contributed by atoms with Crippen LogP contribution < -0.4 is 5.32 Å². The van der Waals surface area contributed by atoms with Gasteiger partial charge in [-0.3, -0.25) is 14.9 Å². The SMILES string of the molecule is CC(=O)c1csc(NC(=O)/C=C/c2c(Cl)cccc2Cl)n1. The summed E-state index contributed by atoms with van der Waals surface area (Å²) in [5.74, 6) is -0.527. The molecule has 0 bridgehead atoms. The van der Waals surface area contributed by atoms with Crippen molar-refractivity contribution in [3.8, 4) is 0 Å². The van der Waals surface area contributed by atoms with E-state index in [-0.39, 0.29) is 11.7 Å². The van der Waals surface area contributed by atoms with Crippen LogP contribution in [0.5, 0.6) is 0 Å². The highest BCUT2D eigenvalue weighted by molar-refractivity contribution is 7.14. The Hall–Kier alpha value is -1.69. The molecule has 1 aromatic carbocycles. The summed E-state index contributed by atoms with van der Waals surface area (Å²) in [7, 11) is 0. The van der Waals surface area contributed by atoms with Gasteiger partial charge in [-0.2, -0.15) is 0 Å². The average molecular weight is 341 g/mol. The van der Waals surface area contributed by atoms with Crippen molar-refractivity contribution in [3.63, 3.8) is 0 Å². The number of nitrogens with zero attached hydrogens (tertiary/aromatic N) is 1. The number of Topliss-reactive ketones (excluding diaryl/α,β-unsaturated/α-hetero) is 1. The highest BCUT2D eigenvalue weighted by Gasteiger charge is 2.08. The largest absolute Gasteiger partial charge is 0.298 e. The Balaban J connectivity index is 2.07. The molecule has 1 N–H and O–H groups in total. The zero-order chi connectivity index (χ0) is 15.4. The molecular formula is C14H10Cl2N2O2S. The predicted molar refractivity (Wildman–Crippen MR) is 86.2 cm³/mol. The van der Waals surface area contributed by atoms with Gasteiger partial charge in [-0.25, -0.2) is 4.98 Å². The van der Waals surface area contributed by atoms with E-state index in [1.165, 1.54) is 30.4 Å². The lowest BCUT2D eigenvalue weighted by Gasteiger charge is -2.00. The normalized spacial score (nSPS) is 10.8. The van der Waals surface area contributed by atoms with Crippen molar-refractivity contribution in [2.24, 2.45) is 0 Å². The maximum Gasteiger partial charge on any atom is 0.250 e. The minimum atomic E-state index is -0.379. The Bertz CT molecular complexity index is 705. The second-order valence-corrected chi connectivity index (χ2v) is 5.72. The van der Waals surface area contributed by atoms with Crippen LogP contribution in [-0.2, 0) is 4.79 Å². The molecule has 0 radical (unpaired) electrons. The van der Waals surface area contributed by atoms with E-state index in [4.69, 9.17) is 23.2 Å². The number of amides is 1. The average Bonchev–Trinajstić information content (AvgIpc) is 2.87. The number of aromatic nitrogens is 1. The zero-order valence-corrected chi connectivity index (χ0v) is 13.2. The van der Waals surface area contributed by atoms with Gasteiger partial charge >= 0.3 is 0 Å². The van der Waals surface area contributed by atoms with E-state index in [9.17, 15) is 9.59 Å². The van der Waals surface area contributed by atoms with E-state index in [1.54, 1.807) is 23.6 Å². The molecular weight excluding hydrogens is 331 g/mol. The summed E-state index contributed by atoms with van der Waals surface area (Å²) >= 11 is 13.2. The molecule has 2 rings (SSSR count). The molecule has 21 heavy (non-hydrogen) atoms. The summed E-state index contributed by atoms with van der Waals surface area (Å²) in [6.45, 7) is 1.42.